The van der Waals surface area contributed by atoms with Gasteiger partial charge in [0.15, 0.2) is 0 Å². The fourth-order valence-electron chi connectivity index (χ4n) is 2.49. The Morgan fingerprint density at radius 2 is 2.17 bits per heavy atom. The molecule has 0 saturated carbocycles. The summed E-state index contributed by atoms with van der Waals surface area (Å²) in [5.74, 6) is -0.104. The Balaban J connectivity index is 1.68. The highest BCUT2D eigenvalue weighted by Crippen LogP contribution is 2.24. The van der Waals surface area contributed by atoms with Crippen LogP contribution in [0.2, 0.25) is 0 Å². The number of benzene rings is 1. The van der Waals surface area contributed by atoms with Crippen LogP contribution in [0.3, 0.4) is 0 Å². The minimum atomic E-state index is -0.104. The molecule has 124 valence electrons. The zero-order valence-electron chi connectivity index (χ0n) is 13.3. The van der Waals surface area contributed by atoms with E-state index in [1.54, 1.807) is 10.9 Å². The quantitative estimate of drug-likeness (QED) is 0.716. The highest BCUT2D eigenvalue weighted by molar-refractivity contribution is 7.12. The van der Waals surface area contributed by atoms with Gasteiger partial charge in [-0.3, -0.25) is 4.79 Å². The Bertz CT molecular complexity index is 811. The summed E-state index contributed by atoms with van der Waals surface area (Å²) in [5, 5.41) is 12.7. The number of carbonyl (C=O) groups is 1. The SMILES string of the molecule is Cn1nncc1-c1csc(C(=O)N[C@H](CN)Cc2ccccc2)c1. The fourth-order valence-corrected chi connectivity index (χ4v) is 3.29. The first-order valence-electron chi connectivity index (χ1n) is 7.66. The molecule has 24 heavy (non-hydrogen) atoms. The molecule has 0 fully saturated rings. The summed E-state index contributed by atoms with van der Waals surface area (Å²) in [7, 11) is 1.82. The van der Waals surface area contributed by atoms with E-state index < -0.39 is 0 Å². The van der Waals surface area contributed by atoms with Gasteiger partial charge >= 0.3 is 0 Å². The van der Waals surface area contributed by atoms with Gasteiger partial charge in [-0.1, -0.05) is 35.5 Å². The number of hydrogen-bond acceptors (Lipinski definition) is 5. The number of aromatic nitrogens is 3. The molecular formula is C17H19N5OS. The number of nitrogens with one attached hydrogen (secondary N) is 1. The van der Waals surface area contributed by atoms with Gasteiger partial charge in [-0.25, -0.2) is 4.68 Å². The van der Waals surface area contributed by atoms with Crippen molar-refractivity contribution in [3.05, 3.63) is 58.4 Å². The van der Waals surface area contributed by atoms with Crippen molar-refractivity contribution in [2.24, 2.45) is 12.8 Å². The van der Waals surface area contributed by atoms with Gasteiger partial charge in [0.05, 0.1) is 16.8 Å². The summed E-state index contributed by atoms with van der Waals surface area (Å²) in [4.78, 5) is 13.1. The van der Waals surface area contributed by atoms with Crippen molar-refractivity contribution in [1.82, 2.24) is 20.3 Å². The van der Waals surface area contributed by atoms with Crippen LogP contribution in [-0.4, -0.2) is 33.5 Å². The van der Waals surface area contributed by atoms with Crippen LogP contribution in [0.15, 0.2) is 48.0 Å². The number of rotatable bonds is 6. The number of carbonyl (C=O) groups excluding carboxylic acids is 1. The lowest BCUT2D eigenvalue weighted by Gasteiger charge is -2.16. The first kappa shape index (κ1) is 16.4. The highest BCUT2D eigenvalue weighted by Gasteiger charge is 2.16. The standard InChI is InChI=1S/C17H19N5OS/c1-22-15(10-19-21-22)13-8-16(24-11-13)17(23)20-14(9-18)7-12-5-3-2-4-6-12/h2-6,8,10-11,14H,7,9,18H2,1H3,(H,20,23)/t14-/m0/s1. The minimum absolute atomic E-state index is 0.0937. The normalized spacial score (nSPS) is 12.1. The summed E-state index contributed by atoms with van der Waals surface area (Å²) in [5.41, 5.74) is 8.79. The van der Waals surface area contributed by atoms with Crippen LogP contribution in [0.4, 0.5) is 0 Å². The molecule has 1 amide bonds. The zero-order valence-corrected chi connectivity index (χ0v) is 14.2. The topological polar surface area (TPSA) is 85.8 Å². The van der Waals surface area contributed by atoms with E-state index in [2.05, 4.69) is 15.6 Å². The molecule has 6 nitrogen and oxygen atoms in total. The molecule has 0 unspecified atom stereocenters. The van der Waals surface area contributed by atoms with E-state index in [9.17, 15) is 4.79 Å². The molecule has 3 rings (SSSR count). The number of hydrogen-bond donors (Lipinski definition) is 2. The monoisotopic (exact) mass is 341 g/mol. The van der Waals surface area contributed by atoms with Gasteiger partial charge in [0.25, 0.3) is 5.91 Å². The maximum absolute atomic E-state index is 12.5. The number of nitrogens with two attached hydrogens (primary N) is 1. The molecule has 1 aromatic carbocycles. The van der Waals surface area contributed by atoms with Gasteiger partial charge in [0.2, 0.25) is 0 Å². The molecule has 0 aliphatic rings. The maximum atomic E-state index is 12.5. The predicted molar refractivity (Wildman–Crippen MR) is 94.8 cm³/mol. The van der Waals surface area contributed by atoms with E-state index in [1.807, 2.05) is 48.8 Å². The molecule has 0 bridgehead atoms. The lowest BCUT2D eigenvalue weighted by molar-refractivity contribution is 0.0942. The Kier molecular flexibility index (Phi) is 5.02. The summed E-state index contributed by atoms with van der Waals surface area (Å²) < 4.78 is 1.68. The largest absolute Gasteiger partial charge is 0.347 e. The molecule has 1 atom stereocenters. The lowest BCUT2D eigenvalue weighted by Crippen LogP contribution is -2.41. The molecule has 0 aliphatic carbocycles. The summed E-state index contributed by atoms with van der Waals surface area (Å²) in [6.07, 6.45) is 2.40. The van der Waals surface area contributed by atoms with E-state index in [4.69, 9.17) is 5.73 Å². The molecule has 0 aliphatic heterocycles. The van der Waals surface area contributed by atoms with Crippen LogP contribution in [-0.2, 0) is 13.5 Å². The second kappa shape index (κ2) is 7.37. The number of thiophene rings is 1. The number of amides is 1. The van der Waals surface area contributed by atoms with Gasteiger partial charge in [-0.2, -0.15) is 0 Å². The predicted octanol–water partition coefficient (Wildman–Crippen LogP) is 1.84. The summed E-state index contributed by atoms with van der Waals surface area (Å²) in [6.45, 7) is 0.393. The first-order valence-corrected chi connectivity index (χ1v) is 8.53. The van der Waals surface area contributed by atoms with Crippen LogP contribution >= 0.6 is 11.3 Å². The fraction of sp³-hybridized carbons (Fsp3) is 0.235. The van der Waals surface area contributed by atoms with Gasteiger partial charge in [-0.05, 0) is 18.1 Å². The van der Waals surface area contributed by atoms with E-state index in [1.165, 1.54) is 11.3 Å². The van der Waals surface area contributed by atoms with Crippen molar-refractivity contribution < 1.29 is 4.79 Å². The molecule has 7 heteroatoms. The van der Waals surface area contributed by atoms with Crippen molar-refractivity contribution >= 4 is 17.2 Å². The van der Waals surface area contributed by atoms with Gasteiger partial charge in [0, 0.05) is 30.6 Å². The zero-order chi connectivity index (χ0) is 16.9. The van der Waals surface area contributed by atoms with Crippen molar-refractivity contribution in [1.29, 1.82) is 0 Å². The first-order chi connectivity index (χ1) is 11.7. The van der Waals surface area contributed by atoms with Gasteiger partial charge in [-0.15, -0.1) is 16.4 Å². The van der Waals surface area contributed by atoms with Crippen molar-refractivity contribution in [2.75, 3.05) is 6.54 Å². The Morgan fingerprint density at radius 1 is 1.38 bits per heavy atom. The average Bonchev–Trinajstić information content (AvgIpc) is 3.23. The second-order valence-electron chi connectivity index (χ2n) is 5.54. The van der Waals surface area contributed by atoms with Crippen LogP contribution in [0, 0.1) is 0 Å². The molecular weight excluding hydrogens is 322 g/mol. The average molecular weight is 341 g/mol. The van der Waals surface area contributed by atoms with Gasteiger partial charge in [0.1, 0.15) is 0 Å². The van der Waals surface area contributed by atoms with Crippen molar-refractivity contribution in [3.8, 4) is 11.3 Å². The molecule has 3 N–H and O–H groups in total. The highest BCUT2D eigenvalue weighted by atomic mass is 32.1. The number of nitrogens with zero attached hydrogens (tertiary/aromatic N) is 3. The van der Waals surface area contributed by atoms with E-state index in [0.29, 0.717) is 17.8 Å². The van der Waals surface area contributed by atoms with Crippen molar-refractivity contribution in [3.63, 3.8) is 0 Å². The summed E-state index contributed by atoms with van der Waals surface area (Å²) in [6, 6.07) is 11.8. The molecule has 2 aromatic heterocycles. The Morgan fingerprint density at radius 3 is 2.83 bits per heavy atom. The molecule has 0 radical (unpaired) electrons. The minimum Gasteiger partial charge on any atom is -0.347 e. The maximum Gasteiger partial charge on any atom is 0.261 e. The van der Waals surface area contributed by atoms with E-state index in [0.717, 1.165) is 16.8 Å². The third-order valence-electron chi connectivity index (χ3n) is 3.78. The van der Waals surface area contributed by atoms with E-state index in [-0.39, 0.29) is 11.9 Å². The third kappa shape index (κ3) is 3.69. The molecule has 2 heterocycles. The van der Waals surface area contributed by atoms with Crippen LogP contribution in [0.5, 0.6) is 0 Å². The Labute approximate surface area is 144 Å². The van der Waals surface area contributed by atoms with Crippen LogP contribution in [0.1, 0.15) is 15.2 Å². The molecule has 0 saturated heterocycles. The number of aryl methyl sites for hydroxylation is 1. The molecule has 0 spiro atoms. The van der Waals surface area contributed by atoms with Crippen LogP contribution < -0.4 is 11.1 Å². The lowest BCUT2D eigenvalue weighted by atomic mass is 10.1. The molecule has 3 aromatic rings. The second-order valence-corrected chi connectivity index (χ2v) is 6.45. The van der Waals surface area contributed by atoms with Gasteiger partial charge < -0.3 is 11.1 Å². The van der Waals surface area contributed by atoms with E-state index >= 15 is 0 Å². The third-order valence-corrected chi connectivity index (χ3v) is 4.71. The Hall–Kier alpha value is -2.51. The summed E-state index contributed by atoms with van der Waals surface area (Å²) >= 11 is 1.40. The van der Waals surface area contributed by atoms with Crippen molar-refractivity contribution in [2.45, 2.75) is 12.5 Å². The van der Waals surface area contributed by atoms with Crippen LogP contribution in [0.25, 0.3) is 11.3 Å². The smallest absolute Gasteiger partial charge is 0.261 e.